The molecule has 0 aromatic heterocycles. The smallest absolute Gasteiger partial charge is 0.131 e. The van der Waals surface area contributed by atoms with Gasteiger partial charge in [0.05, 0.1) is 0 Å². The Labute approximate surface area is 105 Å². The van der Waals surface area contributed by atoms with Gasteiger partial charge in [-0.25, -0.2) is 8.78 Å². The lowest BCUT2D eigenvalue weighted by molar-refractivity contribution is 0.623. The second-order valence-corrected chi connectivity index (χ2v) is 4.36. The molecule has 0 unspecified atom stereocenters. The summed E-state index contributed by atoms with van der Waals surface area (Å²) in [5.74, 6) is -0.678. The van der Waals surface area contributed by atoms with Crippen molar-refractivity contribution in [2.45, 2.75) is 13.5 Å². The average molecular weight is 247 g/mol. The van der Waals surface area contributed by atoms with E-state index in [0.717, 1.165) is 11.1 Å². The quantitative estimate of drug-likeness (QED) is 0.872. The molecule has 0 atom stereocenters. The SMILES string of the molecule is CNCc1ccc(F)c(-c2cc(C)cc(F)c2)c1. The molecular formula is C15H15F2N. The van der Waals surface area contributed by atoms with E-state index in [-0.39, 0.29) is 11.6 Å². The van der Waals surface area contributed by atoms with Gasteiger partial charge < -0.3 is 5.32 Å². The molecule has 1 N–H and O–H groups in total. The highest BCUT2D eigenvalue weighted by molar-refractivity contribution is 5.65. The van der Waals surface area contributed by atoms with Gasteiger partial charge in [0.2, 0.25) is 0 Å². The molecule has 0 saturated carbocycles. The fourth-order valence-corrected chi connectivity index (χ4v) is 2.00. The van der Waals surface area contributed by atoms with Crippen molar-refractivity contribution in [1.29, 1.82) is 0 Å². The first kappa shape index (κ1) is 12.7. The van der Waals surface area contributed by atoms with Gasteiger partial charge in [-0.15, -0.1) is 0 Å². The summed E-state index contributed by atoms with van der Waals surface area (Å²) in [6.07, 6.45) is 0. The van der Waals surface area contributed by atoms with E-state index >= 15 is 0 Å². The van der Waals surface area contributed by atoms with Crippen LogP contribution in [-0.4, -0.2) is 7.05 Å². The summed E-state index contributed by atoms with van der Waals surface area (Å²) in [6, 6.07) is 9.46. The van der Waals surface area contributed by atoms with Crippen LogP contribution < -0.4 is 5.32 Å². The van der Waals surface area contributed by atoms with Crippen LogP contribution in [0.15, 0.2) is 36.4 Å². The van der Waals surface area contributed by atoms with Crippen molar-refractivity contribution in [3.63, 3.8) is 0 Å². The monoisotopic (exact) mass is 247 g/mol. The van der Waals surface area contributed by atoms with Gasteiger partial charge in [-0.2, -0.15) is 0 Å². The van der Waals surface area contributed by atoms with Gasteiger partial charge in [-0.1, -0.05) is 12.1 Å². The van der Waals surface area contributed by atoms with E-state index in [1.165, 1.54) is 18.2 Å². The molecule has 1 nitrogen and oxygen atoms in total. The topological polar surface area (TPSA) is 12.0 Å². The van der Waals surface area contributed by atoms with Crippen molar-refractivity contribution in [1.82, 2.24) is 5.32 Å². The summed E-state index contributed by atoms with van der Waals surface area (Å²) in [4.78, 5) is 0. The Bertz CT molecular complexity index is 544. The lowest BCUT2D eigenvalue weighted by Gasteiger charge is -2.08. The molecule has 0 heterocycles. The van der Waals surface area contributed by atoms with Crippen LogP contribution in [0.5, 0.6) is 0 Å². The molecular weight excluding hydrogens is 232 g/mol. The first-order chi connectivity index (χ1) is 8.60. The van der Waals surface area contributed by atoms with Gasteiger partial charge in [-0.3, -0.25) is 0 Å². The van der Waals surface area contributed by atoms with Crippen molar-refractivity contribution < 1.29 is 8.78 Å². The molecule has 2 aromatic carbocycles. The maximum absolute atomic E-state index is 13.8. The Morgan fingerprint density at radius 2 is 1.83 bits per heavy atom. The second kappa shape index (κ2) is 5.27. The van der Waals surface area contributed by atoms with Crippen LogP contribution in [0.1, 0.15) is 11.1 Å². The zero-order chi connectivity index (χ0) is 13.1. The third-order valence-corrected chi connectivity index (χ3v) is 2.76. The molecule has 0 aliphatic carbocycles. The molecule has 0 fully saturated rings. The summed E-state index contributed by atoms with van der Waals surface area (Å²) in [5, 5.41) is 3.01. The number of rotatable bonds is 3. The maximum atomic E-state index is 13.8. The van der Waals surface area contributed by atoms with Gasteiger partial charge >= 0.3 is 0 Å². The van der Waals surface area contributed by atoms with Crippen LogP contribution in [-0.2, 0) is 6.54 Å². The fourth-order valence-electron chi connectivity index (χ4n) is 2.00. The van der Waals surface area contributed by atoms with E-state index in [1.54, 1.807) is 25.1 Å². The molecule has 94 valence electrons. The summed E-state index contributed by atoms with van der Waals surface area (Å²) in [7, 11) is 1.83. The number of hydrogen-bond acceptors (Lipinski definition) is 1. The normalized spacial score (nSPS) is 10.7. The highest BCUT2D eigenvalue weighted by atomic mass is 19.1. The molecule has 0 radical (unpaired) electrons. The first-order valence-corrected chi connectivity index (χ1v) is 5.81. The van der Waals surface area contributed by atoms with E-state index in [1.807, 2.05) is 7.05 Å². The predicted octanol–water partition coefficient (Wildman–Crippen LogP) is 3.66. The number of benzene rings is 2. The number of hydrogen-bond donors (Lipinski definition) is 1. The molecule has 2 aromatic rings. The Morgan fingerprint density at radius 3 is 2.50 bits per heavy atom. The average Bonchev–Trinajstić information content (AvgIpc) is 2.30. The minimum absolute atomic E-state index is 0.333. The van der Waals surface area contributed by atoms with E-state index < -0.39 is 0 Å². The Kier molecular flexibility index (Phi) is 3.72. The molecule has 0 aliphatic heterocycles. The first-order valence-electron chi connectivity index (χ1n) is 5.81. The van der Waals surface area contributed by atoms with E-state index in [0.29, 0.717) is 17.7 Å². The minimum atomic E-state index is -0.344. The summed E-state index contributed by atoms with van der Waals surface area (Å²) >= 11 is 0. The van der Waals surface area contributed by atoms with E-state index in [2.05, 4.69) is 5.32 Å². The van der Waals surface area contributed by atoms with Crippen LogP contribution in [0.4, 0.5) is 8.78 Å². The van der Waals surface area contributed by atoms with Crippen molar-refractivity contribution >= 4 is 0 Å². The van der Waals surface area contributed by atoms with Crippen molar-refractivity contribution in [2.75, 3.05) is 7.05 Å². The number of halogens is 2. The van der Waals surface area contributed by atoms with Crippen molar-refractivity contribution in [3.8, 4) is 11.1 Å². The third kappa shape index (κ3) is 2.74. The van der Waals surface area contributed by atoms with Gasteiger partial charge in [0.15, 0.2) is 0 Å². The molecule has 0 aliphatic rings. The van der Waals surface area contributed by atoms with Gasteiger partial charge in [0.1, 0.15) is 11.6 Å². The van der Waals surface area contributed by atoms with Crippen LogP contribution in [0.2, 0.25) is 0 Å². The Morgan fingerprint density at radius 1 is 1.06 bits per heavy atom. The fraction of sp³-hybridized carbons (Fsp3) is 0.200. The molecule has 18 heavy (non-hydrogen) atoms. The van der Waals surface area contributed by atoms with Crippen molar-refractivity contribution in [3.05, 3.63) is 59.2 Å². The zero-order valence-corrected chi connectivity index (χ0v) is 10.4. The largest absolute Gasteiger partial charge is 0.316 e. The summed E-state index contributed by atoms with van der Waals surface area (Å²) < 4.78 is 27.2. The third-order valence-electron chi connectivity index (χ3n) is 2.76. The molecule has 3 heteroatoms. The van der Waals surface area contributed by atoms with Crippen LogP contribution >= 0.6 is 0 Å². The van der Waals surface area contributed by atoms with Crippen LogP contribution in [0, 0.1) is 18.6 Å². The molecule has 2 rings (SSSR count). The van der Waals surface area contributed by atoms with Crippen LogP contribution in [0.3, 0.4) is 0 Å². The molecule has 0 bridgehead atoms. The predicted molar refractivity (Wildman–Crippen MR) is 69.3 cm³/mol. The molecule has 0 amide bonds. The van der Waals surface area contributed by atoms with E-state index in [4.69, 9.17) is 0 Å². The maximum Gasteiger partial charge on any atom is 0.131 e. The highest BCUT2D eigenvalue weighted by Gasteiger charge is 2.08. The van der Waals surface area contributed by atoms with Gasteiger partial charge in [-0.05, 0) is 54.9 Å². The summed E-state index contributed by atoms with van der Waals surface area (Å²) in [5.41, 5.74) is 2.76. The highest BCUT2D eigenvalue weighted by Crippen LogP contribution is 2.25. The minimum Gasteiger partial charge on any atom is -0.316 e. The lowest BCUT2D eigenvalue weighted by atomic mass is 10.0. The van der Waals surface area contributed by atoms with Gasteiger partial charge in [0, 0.05) is 12.1 Å². The van der Waals surface area contributed by atoms with Gasteiger partial charge in [0.25, 0.3) is 0 Å². The number of aryl methyl sites for hydroxylation is 1. The molecule has 0 spiro atoms. The van der Waals surface area contributed by atoms with Crippen molar-refractivity contribution in [2.24, 2.45) is 0 Å². The summed E-state index contributed by atoms with van der Waals surface area (Å²) in [6.45, 7) is 2.45. The Hall–Kier alpha value is -1.74. The molecule has 0 saturated heterocycles. The number of nitrogens with one attached hydrogen (secondary N) is 1. The zero-order valence-electron chi connectivity index (χ0n) is 10.4. The van der Waals surface area contributed by atoms with E-state index in [9.17, 15) is 8.78 Å². The Balaban J connectivity index is 2.51. The second-order valence-electron chi connectivity index (χ2n) is 4.36. The van der Waals surface area contributed by atoms with Crippen LogP contribution in [0.25, 0.3) is 11.1 Å². The lowest BCUT2D eigenvalue weighted by Crippen LogP contribution is -2.05. The standard InChI is InChI=1S/C15H15F2N/c1-10-5-12(8-13(16)6-10)14-7-11(9-18-2)3-4-15(14)17/h3-8,18H,9H2,1-2H3.